The van der Waals surface area contributed by atoms with Gasteiger partial charge in [-0.2, -0.15) is 9.49 Å². The molecule has 0 aliphatic heterocycles. The van der Waals surface area contributed by atoms with Gasteiger partial charge in [-0.3, -0.25) is 4.68 Å². The molecular weight excluding hydrogens is 219 g/mol. The summed E-state index contributed by atoms with van der Waals surface area (Å²) < 4.78 is 14.7. The number of halogens is 1. The highest BCUT2D eigenvalue weighted by molar-refractivity contribution is 5.35. The summed E-state index contributed by atoms with van der Waals surface area (Å²) in [5, 5.41) is 7.43. The molecule has 0 atom stereocenters. The summed E-state index contributed by atoms with van der Waals surface area (Å²) in [5.41, 5.74) is 2.16. The molecule has 0 unspecified atom stereocenters. The van der Waals surface area contributed by atoms with Crippen LogP contribution < -0.4 is 5.32 Å². The summed E-state index contributed by atoms with van der Waals surface area (Å²) in [5.74, 6) is 0.0628. The van der Waals surface area contributed by atoms with Crippen LogP contribution >= 0.6 is 0 Å². The average molecular weight is 234 g/mol. The van der Waals surface area contributed by atoms with E-state index in [1.54, 1.807) is 16.8 Å². The second-order valence-corrected chi connectivity index (χ2v) is 3.83. The molecule has 0 aliphatic rings. The normalized spacial score (nSPS) is 10.5. The van der Waals surface area contributed by atoms with Crippen LogP contribution in [0.3, 0.4) is 0 Å². The first-order valence-electron chi connectivity index (χ1n) is 5.57. The fourth-order valence-electron chi connectivity index (χ4n) is 1.72. The van der Waals surface area contributed by atoms with Crippen molar-refractivity contribution in [1.29, 1.82) is 0 Å². The minimum Gasteiger partial charge on any atom is -0.366 e. The molecule has 0 aromatic carbocycles. The molecular formula is C12H15FN4. The lowest BCUT2D eigenvalue weighted by Gasteiger charge is -2.04. The van der Waals surface area contributed by atoms with E-state index < -0.39 is 5.95 Å². The van der Waals surface area contributed by atoms with Gasteiger partial charge in [0, 0.05) is 25.4 Å². The van der Waals surface area contributed by atoms with Gasteiger partial charge in [0.05, 0.1) is 5.69 Å². The van der Waals surface area contributed by atoms with Crippen molar-refractivity contribution in [2.45, 2.75) is 19.9 Å². The molecule has 0 spiro atoms. The van der Waals surface area contributed by atoms with Gasteiger partial charge in [0.15, 0.2) is 0 Å². The highest BCUT2D eigenvalue weighted by Crippen LogP contribution is 2.10. The maximum absolute atomic E-state index is 12.9. The van der Waals surface area contributed by atoms with Gasteiger partial charge in [-0.05, 0) is 18.6 Å². The first kappa shape index (κ1) is 11.6. The molecule has 0 saturated carbocycles. The van der Waals surface area contributed by atoms with Crippen LogP contribution in [0.15, 0.2) is 24.4 Å². The van der Waals surface area contributed by atoms with Crippen molar-refractivity contribution in [2.75, 3.05) is 5.32 Å². The first-order valence-corrected chi connectivity index (χ1v) is 5.57. The third kappa shape index (κ3) is 2.81. The monoisotopic (exact) mass is 234 g/mol. The van der Waals surface area contributed by atoms with Crippen molar-refractivity contribution >= 4 is 5.82 Å². The van der Waals surface area contributed by atoms with Crippen LogP contribution in [0.4, 0.5) is 10.2 Å². The van der Waals surface area contributed by atoms with Gasteiger partial charge >= 0.3 is 0 Å². The molecule has 2 aromatic rings. The highest BCUT2D eigenvalue weighted by atomic mass is 19.1. The predicted octanol–water partition coefficient (Wildman–Crippen LogP) is 2.13. The number of nitrogens with one attached hydrogen (secondary N) is 1. The van der Waals surface area contributed by atoms with Crippen LogP contribution in [0.25, 0.3) is 0 Å². The van der Waals surface area contributed by atoms with Gasteiger partial charge in [-0.25, -0.2) is 4.98 Å². The number of rotatable bonds is 4. The molecule has 0 fully saturated rings. The summed E-state index contributed by atoms with van der Waals surface area (Å²) in [4.78, 5) is 3.75. The topological polar surface area (TPSA) is 42.7 Å². The Hall–Kier alpha value is -1.91. The first-order chi connectivity index (χ1) is 8.19. The summed E-state index contributed by atoms with van der Waals surface area (Å²) in [6.45, 7) is 2.67. The van der Waals surface area contributed by atoms with E-state index in [9.17, 15) is 4.39 Å². The average Bonchev–Trinajstić information content (AvgIpc) is 2.67. The quantitative estimate of drug-likeness (QED) is 0.824. The predicted molar refractivity (Wildman–Crippen MR) is 64.1 cm³/mol. The number of hydrogen-bond acceptors (Lipinski definition) is 3. The van der Waals surface area contributed by atoms with E-state index in [0.29, 0.717) is 12.4 Å². The van der Waals surface area contributed by atoms with Crippen molar-refractivity contribution < 1.29 is 4.39 Å². The van der Waals surface area contributed by atoms with Gasteiger partial charge in [0.2, 0.25) is 5.95 Å². The zero-order chi connectivity index (χ0) is 12.3. The van der Waals surface area contributed by atoms with Crippen LogP contribution in [0.5, 0.6) is 0 Å². The van der Waals surface area contributed by atoms with Gasteiger partial charge in [-0.15, -0.1) is 0 Å². The Kier molecular flexibility index (Phi) is 3.37. The van der Waals surface area contributed by atoms with Crippen molar-refractivity contribution in [3.8, 4) is 0 Å². The minimum atomic E-state index is -0.475. The molecule has 0 bridgehead atoms. The fraction of sp³-hybridized carbons (Fsp3) is 0.333. The highest BCUT2D eigenvalue weighted by Gasteiger charge is 2.05. The van der Waals surface area contributed by atoms with E-state index in [4.69, 9.17) is 0 Å². The van der Waals surface area contributed by atoms with Gasteiger partial charge < -0.3 is 5.32 Å². The van der Waals surface area contributed by atoms with E-state index >= 15 is 0 Å². The third-order valence-electron chi connectivity index (χ3n) is 2.50. The maximum atomic E-state index is 12.9. The summed E-state index contributed by atoms with van der Waals surface area (Å²) >= 11 is 0. The van der Waals surface area contributed by atoms with Gasteiger partial charge in [-0.1, -0.05) is 13.0 Å². The van der Waals surface area contributed by atoms with Crippen LogP contribution in [-0.4, -0.2) is 14.8 Å². The van der Waals surface area contributed by atoms with Crippen LogP contribution in [0, 0.1) is 5.95 Å². The zero-order valence-electron chi connectivity index (χ0n) is 9.94. The van der Waals surface area contributed by atoms with Crippen LogP contribution in [-0.2, 0) is 20.0 Å². The minimum absolute atomic E-state index is 0.475. The van der Waals surface area contributed by atoms with E-state index in [0.717, 1.165) is 17.7 Å². The number of hydrogen-bond donors (Lipinski definition) is 1. The second kappa shape index (κ2) is 4.95. The SMILES string of the molecule is CCc1nn(C)cc1CNc1cccc(F)n1. The van der Waals surface area contributed by atoms with Crippen molar-refractivity contribution in [1.82, 2.24) is 14.8 Å². The van der Waals surface area contributed by atoms with E-state index in [2.05, 4.69) is 22.3 Å². The maximum Gasteiger partial charge on any atom is 0.214 e. The third-order valence-corrected chi connectivity index (χ3v) is 2.50. The Balaban J connectivity index is 2.06. The Morgan fingerprint density at radius 3 is 2.94 bits per heavy atom. The molecule has 5 heteroatoms. The molecule has 2 aromatic heterocycles. The molecule has 0 saturated heterocycles. The summed E-state index contributed by atoms with van der Waals surface area (Å²) in [6, 6.07) is 4.70. The number of anilines is 1. The lowest BCUT2D eigenvalue weighted by Crippen LogP contribution is -2.03. The molecule has 0 radical (unpaired) electrons. The summed E-state index contributed by atoms with van der Waals surface area (Å²) in [7, 11) is 1.89. The van der Waals surface area contributed by atoms with E-state index in [-0.39, 0.29) is 0 Å². The Morgan fingerprint density at radius 2 is 2.24 bits per heavy atom. The molecule has 2 rings (SSSR count). The number of pyridine rings is 1. The van der Waals surface area contributed by atoms with Crippen molar-refractivity contribution in [3.05, 3.63) is 41.6 Å². The van der Waals surface area contributed by atoms with Crippen molar-refractivity contribution in [3.63, 3.8) is 0 Å². The molecule has 90 valence electrons. The molecule has 4 nitrogen and oxygen atoms in total. The fourth-order valence-corrected chi connectivity index (χ4v) is 1.72. The second-order valence-electron chi connectivity index (χ2n) is 3.83. The number of aromatic nitrogens is 3. The Morgan fingerprint density at radius 1 is 1.41 bits per heavy atom. The molecule has 0 amide bonds. The van der Waals surface area contributed by atoms with Crippen LogP contribution in [0.1, 0.15) is 18.2 Å². The van der Waals surface area contributed by atoms with E-state index in [1.165, 1.54) is 6.07 Å². The zero-order valence-corrected chi connectivity index (χ0v) is 9.94. The summed E-state index contributed by atoms with van der Waals surface area (Å²) in [6.07, 6.45) is 2.85. The molecule has 17 heavy (non-hydrogen) atoms. The number of nitrogens with zero attached hydrogens (tertiary/aromatic N) is 3. The lowest BCUT2D eigenvalue weighted by atomic mass is 10.2. The standard InChI is InChI=1S/C12H15FN4/c1-3-10-9(8-17(2)16-10)7-14-12-6-4-5-11(13)15-12/h4-6,8H,3,7H2,1-2H3,(H,14,15). The Labute approximate surface area is 99.5 Å². The largest absolute Gasteiger partial charge is 0.366 e. The Bertz CT molecular complexity index is 507. The smallest absolute Gasteiger partial charge is 0.214 e. The molecule has 0 aliphatic carbocycles. The van der Waals surface area contributed by atoms with Crippen LogP contribution in [0.2, 0.25) is 0 Å². The van der Waals surface area contributed by atoms with Crippen molar-refractivity contribution in [2.24, 2.45) is 7.05 Å². The lowest BCUT2D eigenvalue weighted by molar-refractivity contribution is 0.585. The number of aryl methyl sites for hydroxylation is 2. The van der Waals surface area contributed by atoms with Gasteiger partial charge in [0.1, 0.15) is 5.82 Å². The van der Waals surface area contributed by atoms with Gasteiger partial charge in [0.25, 0.3) is 0 Å². The molecule has 1 N–H and O–H groups in total. The van der Waals surface area contributed by atoms with E-state index in [1.807, 2.05) is 13.2 Å². The molecule has 2 heterocycles.